The highest BCUT2D eigenvalue weighted by Crippen LogP contribution is 2.23. The Bertz CT molecular complexity index is 326. The fraction of sp³-hybridized carbons (Fsp3) is 0.545. The van der Waals surface area contributed by atoms with Gasteiger partial charge in [0.1, 0.15) is 0 Å². The largest absolute Gasteiger partial charge is 0.411 e. The first kappa shape index (κ1) is 10.6. The Hall–Kier alpha value is -0.870. The van der Waals surface area contributed by atoms with Crippen molar-refractivity contribution in [2.24, 2.45) is 11.1 Å². The van der Waals surface area contributed by atoms with Crippen molar-refractivity contribution in [2.75, 3.05) is 20.1 Å². The molecule has 1 fully saturated rings. The summed E-state index contributed by atoms with van der Waals surface area (Å²) >= 11 is 1.65. The normalized spacial score (nSPS) is 20.7. The van der Waals surface area contributed by atoms with Crippen LogP contribution < -0.4 is 0 Å². The molecule has 1 aliphatic heterocycles. The van der Waals surface area contributed by atoms with E-state index >= 15 is 0 Å². The highest BCUT2D eigenvalue weighted by atomic mass is 32.1. The molecule has 0 saturated carbocycles. The Morgan fingerprint density at radius 2 is 2.27 bits per heavy atom. The zero-order valence-corrected chi connectivity index (χ0v) is 9.70. The average Bonchev–Trinajstić information content (AvgIpc) is 2.75. The molecule has 3 nitrogen and oxygen atoms in total. The van der Waals surface area contributed by atoms with Gasteiger partial charge < -0.3 is 10.1 Å². The van der Waals surface area contributed by atoms with E-state index < -0.39 is 0 Å². The minimum atomic E-state index is 0.421. The molecule has 1 aromatic rings. The van der Waals surface area contributed by atoms with Gasteiger partial charge in [-0.3, -0.25) is 0 Å². The smallest absolute Gasteiger partial charge is 0.0998 e. The summed E-state index contributed by atoms with van der Waals surface area (Å²) in [6, 6.07) is 4.03. The van der Waals surface area contributed by atoms with Crippen LogP contribution in [0, 0.1) is 5.92 Å². The van der Waals surface area contributed by atoms with Crippen LogP contribution in [0.5, 0.6) is 0 Å². The molecule has 0 aromatic carbocycles. The van der Waals surface area contributed by atoms with Crippen molar-refractivity contribution in [3.05, 3.63) is 22.4 Å². The van der Waals surface area contributed by atoms with Crippen molar-refractivity contribution < 1.29 is 5.21 Å². The molecule has 0 atom stereocenters. The molecule has 0 radical (unpaired) electrons. The first-order chi connectivity index (χ1) is 7.31. The minimum Gasteiger partial charge on any atom is -0.411 e. The highest BCUT2D eigenvalue weighted by molar-refractivity contribution is 7.12. The van der Waals surface area contributed by atoms with Crippen LogP contribution in [0.2, 0.25) is 0 Å². The zero-order chi connectivity index (χ0) is 10.7. The van der Waals surface area contributed by atoms with Crippen LogP contribution in [0.3, 0.4) is 0 Å². The second kappa shape index (κ2) is 4.77. The topological polar surface area (TPSA) is 35.8 Å². The number of oxime groups is 1. The predicted molar refractivity (Wildman–Crippen MR) is 62.9 cm³/mol. The van der Waals surface area contributed by atoms with Crippen molar-refractivity contribution in [2.45, 2.75) is 12.8 Å². The van der Waals surface area contributed by atoms with Crippen molar-refractivity contribution in [3.8, 4) is 0 Å². The van der Waals surface area contributed by atoms with Gasteiger partial charge in [-0.25, -0.2) is 0 Å². The van der Waals surface area contributed by atoms with Crippen molar-refractivity contribution in [1.82, 2.24) is 4.90 Å². The molecule has 0 amide bonds. The lowest BCUT2D eigenvalue weighted by molar-refractivity contribution is 0.246. The van der Waals surface area contributed by atoms with Crippen LogP contribution in [-0.2, 0) is 0 Å². The summed E-state index contributed by atoms with van der Waals surface area (Å²) in [5.41, 5.74) is 0.873. The Kier molecular flexibility index (Phi) is 3.38. The van der Waals surface area contributed by atoms with Gasteiger partial charge >= 0.3 is 0 Å². The molecule has 1 aliphatic rings. The standard InChI is InChI=1S/C11H16N2OS/c1-13-6-4-9(5-7-13)11(12-14)10-3-2-8-15-10/h2-3,8-9,14H,4-7H2,1H3. The number of piperidine rings is 1. The van der Waals surface area contributed by atoms with Gasteiger partial charge in [-0.15, -0.1) is 11.3 Å². The van der Waals surface area contributed by atoms with Crippen LogP contribution >= 0.6 is 11.3 Å². The van der Waals surface area contributed by atoms with Crippen LogP contribution in [0.4, 0.5) is 0 Å². The van der Waals surface area contributed by atoms with Gasteiger partial charge in [0.25, 0.3) is 0 Å². The maximum absolute atomic E-state index is 9.10. The Labute approximate surface area is 94.0 Å². The fourth-order valence-corrected chi connectivity index (χ4v) is 2.83. The SMILES string of the molecule is CN1CCC(C(=NO)c2cccs2)CC1. The number of hydrogen-bond acceptors (Lipinski definition) is 4. The molecule has 1 N–H and O–H groups in total. The van der Waals surface area contributed by atoms with Gasteiger partial charge in [0, 0.05) is 5.92 Å². The summed E-state index contributed by atoms with van der Waals surface area (Å²) in [6.45, 7) is 2.18. The summed E-state index contributed by atoms with van der Waals surface area (Å²) in [6.07, 6.45) is 2.18. The maximum Gasteiger partial charge on any atom is 0.0998 e. The third kappa shape index (κ3) is 2.38. The molecule has 0 spiro atoms. The molecule has 2 heterocycles. The predicted octanol–water partition coefficient (Wildman–Crippen LogP) is 2.27. The van der Waals surface area contributed by atoms with E-state index in [1.807, 2.05) is 17.5 Å². The first-order valence-corrected chi connectivity index (χ1v) is 6.13. The van der Waals surface area contributed by atoms with Crippen molar-refractivity contribution in [1.29, 1.82) is 0 Å². The third-order valence-corrected chi connectivity index (χ3v) is 3.88. The van der Waals surface area contributed by atoms with E-state index in [9.17, 15) is 0 Å². The number of nitrogens with zero attached hydrogens (tertiary/aromatic N) is 2. The molecule has 0 unspecified atom stereocenters. The quantitative estimate of drug-likeness (QED) is 0.475. The van der Waals surface area contributed by atoms with E-state index in [-0.39, 0.29) is 0 Å². The van der Waals surface area contributed by atoms with E-state index in [0.717, 1.165) is 36.5 Å². The lowest BCUT2D eigenvalue weighted by Gasteiger charge is -2.28. The number of likely N-dealkylation sites (tertiary alicyclic amines) is 1. The number of thiophene rings is 1. The maximum atomic E-state index is 9.10. The number of rotatable bonds is 2. The molecule has 1 saturated heterocycles. The lowest BCUT2D eigenvalue weighted by Crippen LogP contribution is -2.33. The van der Waals surface area contributed by atoms with Crippen molar-refractivity contribution in [3.63, 3.8) is 0 Å². The third-order valence-electron chi connectivity index (χ3n) is 2.99. The Morgan fingerprint density at radius 1 is 1.53 bits per heavy atom. The second-order valence-electron chi connectivity index (χ2n) is 4.04. The molecule has 4 heteroatoms. The molecular weight excluding hydrogens is 208 g/mol. The highest BCUT2D eigenvalue weighted by Gasteiger charge is 2.23. The minimum absolute atomic E-state index is 0.421. The van der Waals surface area contributed by atoms with Crippen LogP contribution in [0.25, 0.3) is 0 Å². The van der Waals surface area contributed by atoms with Gasteiger partial charge in [-0.1, -0.05) is 11.2 Å². The Balaban J connectivity index is 2.09. The summed E-state index contributed by atoms with van der Waals surface area (Å²) in [4.78, 5) is 3.42. The van der Waals surface area contributed by atoms with Crippen LogP contribution in [0.15, 0.2) is 22.7 Å². The molecule has 0 aliphatic carbocycles. The van der Waals surface area contributed by atoms with E-state index in [1.54, 1.807) is 11.3 Å². The van der Waals surface area contributed by atoms with E-state index in [1.165, 1.54) is 0 Å². The average molecular weight is 224 g/mol. The van der Waals surface area contributed by atoms with Gasteiger partial charge in [0.2, 0.25) is 0 Å². The van der Waals surface area contributed by atoms with E-state index in [0.29, 0.717) is 5.92 Å². The zero-order valence-electron chi connectivity index (χ0n) is 8.89. The van der Waals surface area contributed by atoms with Crippen LogP contribution in [-0.4, -0.2) is 36.0 Å². The van der Waals surface area contributed by atoms with E-state index in [4.69, 9.17) is 5.21 Å². The molecule has 0 bridgehead atoms. The number of hydrogen-bond donors (Lipinski definition) is 1. The Morgan fingerprint density at radius 3 is 2.80 bits per heavy atom. The van der Waals surface area contributed by atoms with Crippen LogP contribution in [0.1, 0.15) is 17.7 Å². The lowest BCUT2D eigenvalue weighted by atomic mass is 9.91. The molecule has 82 valence electrons. The van der Waals surface area contributed by atoms with Gasteiger partial charge in [0.15, 0.2) is 0 Å². The molecule has 1 aromatic heterocycles. The second-order valence-corrected chi connectivity index (χ2v) is 4.99. The van der Waals surface area contributed by atoms with Gasteiger partial charge in [0.05, 0.1) is 10.6 Å². The van der Waals surface area contributed by atoms with Gasteiger partial charge in [-0.05, 0) is 44.4 Å². The molecular formula is C11H16N2OS. The first-order valence-electron chi connectivity index (χ1n) is 5.25. The van der Waals surface area contributed by atoms with Gasteiger partial charge in [-0.2, -0.15) is 0 Å². The summed E-state index contributed by atoms with van der Waals surface area (Å²) in [7, 11) is 2.14. The molecule has 15 heavy (non-hydrogen) atoms. The summed E-state index contributed by atoms with van der Waals surface area (Å²) < 4.78 is 0. The fourth-order valence-electron chi connectivity index (χ4n) is 2.04. The summed E-state index contributed by atoms with van der Waals surface area (Å²) in [5.74, 6) is 0.421. The summed E-state index contributed by atoms with van der Waals surface area (Å²) in [5, 5.41) is 14.6. The van der Waals surface area contributed by atoms with Crippen molar-refractivity contribution >= 4 is 17.0 Å². The molecule has 2 rings (SSSR count). The van der Waals surface area contributed by atoms with E-state index in [2.05, 4.69) is 17.1 Å². The monoisotopic (exact) mass is 224 g/mol.